The summed E-state index contributed by atoms with van der Waals surface area (Å²) >= 11 is 0. The minimum Gasteiger partial charge on any atom is -0.394 e. The van der Waals surface area contributed by atoms with Crippen molar-refractivity contribution in [3.8, 4) is 0 Å². The van der Waals surface area contributed by atoms with Crippen LogP contribution in [0.3, 0.4) is 0 Å². The highest BCUT2D eigenvalue weighted by molar-refractivity contribution is 5.76. The lowest BCUT2D eigenvalue weighted by atomic mass is 9.96. The normalized spacial score (nSPS) is 33.6. The third-order valence-corrected chi connectivity index (χ3v) is 12.3. The Bertz CT molecular complexity index is 1450. The van der Waals surface area contributed by atoms with Gasteiger partial charge in [-0.25, -0.2) is 0 Å². The van der Waals surface area contributed by atoms with Gasteiger partial charge in [-0.2, -0.15) is 0 Å². The van der Waals surface area contributed by atoms with Crippen molar-refractivity contribution >= 4 is 5.91 Å². The quantitative estimate of drug-likeness (QED) is 0.0325. The van der Waals surface area contributed by atoms with E-state index in [1.54, 1.807) is 12.2 Å². The number of nitrogens with one attached hydrogen (secondary N) is 1. The number of hydrogen-bond donors (Lipinski definition) is 12. The molecule has 0 spiro atoms. The van der Waals surface area contributed by atoms with E-state index in [9.17, 15) is 61.0 Å². The maximum absolute atomic E-state index is 13.2. The smallest absolute Gasteiger partial charge is 0.220 e. The van der Waals surface area contributed by atoms with Crippen LogP contribution in [0.15, 0.2) is 48.6 Å². The van der Waals surface area contributed by atoms with Crippen LogP contribution in [0, 0.1) is 0 Å². The molecule has 17 unspecified atom stereocenters. The molecule has 0 aromatic rings. The molecular weight excluding hydrogens is 891 g/mol. The number of rotatable bonds is 33. The van der Waals surface area contributed by atoms with Gasteiger partial charge in [0.05, 0.1) is 38.6 Å². The van der Waals surface area contributed by atoms with Crippen molar-refractivity contribution < 1.29 is 89.4 Å². The lowest BCUT2D eigenvalue weighted by molar-refractivity contribution is -0.379. The molecule has 0 bridgehead atoms. The van der Waals surface area contributed by atoms with Crippen LogP contribution in [0.25, 0.3) is 0 Å². The Labute approximate surface area is 402 Å². The van der Waals surface area contributed by atoms with Crippen LogP contribution in [0.1, 0.15) is 123 Å². The SMILES string of the molecule is CCCC/C=C\CCCCCCCC(=O)NC(COC1OC(CO)C(OC2OC(CO)C(OC3OC(CO)C(O)C(O)C3O)C(O)C2O)C(O)C1O)C(O)/C=C/CC/C=C/CC/C=C/CCCC. The fourth-order valence-corrected chi connectivity index (χ4v) is 8.07. The van der Waals surface area contributed by atoms with E-state index in [2.05, 4.69) is 55.6 Å². The number of carbonyl (C=O) groups is 1. The fraction of sp³-hybridized carbons (Fsp3) is 0.816. The monoisotopic (exact) mass is 976 g/mol. The Kier molecular flexibility index (Phi) is 30.2. The topological polar surface area (TPSA) is 307 Å². The first-order valence-corrected chi connectivity index (χ1v) is 24.9. The van der Waals surface area contributed by atoms with Crippen molar-refractivity contribution in [2.75, 3.05) is 26.4 Å². The predicted molar refractivity (Wildman–Crippen MR) is 249 cm³/mol. The molecule has 3 aliphatic heterocycles. The zero-order valence-corrected chi connectivity index (χ0v) is 40.1. The van der Waals surface area contributed by atoms with Gasteiger partial charge in [-0.15, -0.1) is 0 Å². The number of ether oxygens (including phenoxy) is 6. The van der Waals surface area contributed by atoms with Crippen molar-refractivity contribution in [2.24, 2.45) is 0 Å². The highest BCUT2D eigenvalue weighted by Gasteiger charge is 2.53. The van der Waals surface area contributed by atoms with E-state index in [1.165, 1.54) is 25.7 Å². The number of aliphatic hydroxyl groups is 11. The van der Waals surface area contributed by atoms with E-state index < -0.39 is 124 Å². The first-order chi connectivity index (χ1) is 32.8. The Balaban J connectivity index is 1.60. The molecule has 0 radical (unpaired) electrons. The van der Waals surface area contributed by atoms with Gasteiger partial charge in [-0.3, -0.25) is 4.79 Å². The van der Waals surface area contributed by atoms with Crippen molar-refractivity contribution in [1.29, 1.82) is 0 Å². The molecular formula is C49H85NO18. The molecule has 3 heterocycles. The second-order valence-corrected chi connectivity index (χ2v) is 17.9. The molecule has 0 aromatic carbocycles. The molecule has 12 N–H and O–H groups in total. The summed E-state index contributed by atoms with van der Waals surface area (Å²) in [4.78, 5) is 13.2. The summed E-state index contributed by atoms with van der Waals surface area (Å²) in [6.45, 7) is 1.53. The highest BCUT2D eigenvalue weighted by Crippen LogP contribution is 2.33. The van der Waals surface area contributed by atoms with Gasteiger partial charge in [0.15, 0.2) is 18.9 Å². The van der Waals surface area contributed by atoms with Crippen LogP contribution >= 0.6 is 0 Å². The highest BCUT2D eigenvalue weighted by atomic mass is 16.8. The van der Waals surface area contributed by atoms with Crippen LogP contribution in [0.2, 0.25) is 0 Å². The van der Waals surface area contributed by atoms with Gasteiger partial charge in [0.25, 0.3) is 0 Å². The molecule has 0 aromatic heterocycles. The Morgan fingerprint density at radius 3 is 1.47 bits per heavy atom. The second kappa shape index (κ2) is 34.2. The number of carbonyl (C=O) groups excluding carboxylic acids is 1. The van der Waals surface area contributed by atoms with E-state index >= 15 is 0 Å². The molecule has 3 fully saturated rings. The summed E-state index contributed by atoms with van der Waals surface area (Å²) in [7, 11) is 0. The number of amides is 1. The van der Waals surface area contributed by atoms with Crippen molar-refractivity contribution in [3.05, 3.63) is 48.6 Å². The van der Waals surface area contributed by atoms with Gasteiger partial charge in [0.1, 0.15) is 73.2 Å². The van der Waals surface area contributed by atoms with Gasteiger partial charge in [0, 0.05) is 6.42 Å². The molecule has 1 amide bonds. The molecule has 19 heteroatoms. The standard InChI is InChI=1S/C49H85NO18/c1-3-5-7-9-11-13-15-17-18-20-22-24-26-33(54)32(50-37(55)27-25-23-21-19-16-14-12-10-8-6-4-2)31-63-47-43(61)40(58)45(35(29-52)65-47)68-49-44(62)41(59)46(36(30-53)66-49)67-48-42(60)39(57)38(56)34(28-51)64-48/h9-12,17-18,24,26,32-36,38-49,51-54,56-62H,3-8,13-16,19-23,25,27-31H2,1-2H3,(H,50,55)/b11-9+,12-10-,18-17+,26-24+. The van der Waals surface area contributed by atoms with Crippen LogP contribution in [0.5, 0.6) is 0 Å². The lowest BCUT2D eigenvalue weighted by Crippen LogP contribution is -2.66. The number of allylic oxidation sites excluding steroid dienone is 7. The average molecular weight is 976 g/mol. The zero-order chi connectivity index (χ0) is 49.8. The molecule has 3 rings (SSSR count). The molecule has 3 saturated heterocycles. The summed E-state index contributed by atoms with van der Waals surface area (Å²) in [5.41, 5.74) is 0. The van der Waals surface area contributed by atoms with Crippen molar-refractivity contribution in [2.45, 2.75) is 227 Å². The molecule has 0 aliphatic carbocycles. The van der Waals surface area contributed by atoms with E-state index in [4.69, 9.17) is 28.4 Å². The average Bonchev–Trinajstić information content (AvgIpc) is 3.33. The van der Waals surface area contributed by atoms with Crippen LogP contribution in [-0.2, 0) is 33.2 Å². The third kappa shape index (κ3) is 20.1. The number of hydrogen-bond acceptors (Lipinski definition) is 18. The van der Waals surface area contributed by atoms with E-state index in [-0.39, 0.29) is 18.9 Å². The minimum absolute atomic E-state index is 0.219. The van der Waals surface area contributed by atoms with Crippen LogP contribution in [0.4, 0.5) is 0 Å². The van der Waals surface area contributed by atoms with Gasteiger partial charge in [-0.05, 0) is 57.8 Å². The Morgan fingerprint density at radius 2 is 0.941 bits per heavy atom. The Hall–Kier alpha value is -2.25. The second-order valence-electron chi connectivity index (χ2n) is 17.9. The number of aliphatic hydroxyl groups excluding tert-OH is 11. The van der Waals surface area contributed by atoms with E-state index in [0.29, 0.717) is 12.8 Å². The summed E-state index contributed by atoms with van der Waals surface area (Å²) in [5, 5.41) is 119. The lowest BCUT2D eigenvalue weighted by Gasteiger charge is -2.48. The first kappa shape index (κ1) is 60.1. The number of unbranched alkanes of at least 4 members (excludes halogenated alkanes) is 11. The molecule has 0 saturated carbocycles. The summed E-state index contributed by atoms with van der Waals surface area (Å²) in [5.74, 6) is -0.307. The third-order valence-electron chi connectivity index (χ3n) is 12.3. The fourth-order valence-electron chi connectivity index (χ4n) is 8.07. The maximum Gasteiger partial charge on any atom is 0.220 e. The van der Waals surface area contributed by atoms with Crippen LogP contribution < -0.4 is 5.32 Å². The molecule has 19 nitrogen and oxygen atoms in total. The van der Waals surface area contributed by atoms with Gasteiger partial charge >= 0.3 is 0 Å². The summed E-state index contributed by atoms with van der Waals surface area (Å²) in [6, 6.07) is -0.997. The zero-order valence-electron chi connectivity index (χ0n) is 40.1. The summed E-state index contributed by atoms with van der Waals surface area (Å²) < 4.78 is 34.0. The first-order valence-electron chi connectivity index (χ1n) is 24.9. The summed E-state index contributed by atoms with van der Waals surface area (Å²) in [6.07, 6.45) is 5.62. The Morgan fingerprint density at radius 1 is 0.515 bits per heavy atom. The van der Waals surface area contributed by atoms with E-state index in [0.717, 1.165) is 64.2 Å². The molecule has 3 aliphatic rings. The van der Waals surface area contributed by atoms with Gasteiger partial charge in [-0.1, -0.05) is 107 Å². The minimum atomic E-state index is -1.98. The predicted octanol–water partition coefficient (Wildman–Crippen LogP) is 1.19. The van der Waals surface area contributed by atoms with Crippen molar-refractivity contribution in [1.82, 2.24) is 5.32 Å². The molecule has 17 atom stereocenters. The maximum atomic E-state index is 13.2. The van der Waals surface area contributed by atoms with Crippen LogP contribution in [-0.4, -0.2) is 193 Å². The molecule has 394 valence electrons. The van der Waals surface area contributed by atoms with Crippen molar-refractivity contribution in [3.63, 3.8) is 0 Å². The molecule has 68 heavy (non-hydrogen) atoms. The van der Waals surface area contributed by atoms with Gasteiger partial charge < -0.3 is 89.9 Å². The van der Waals surface area contributed by atoms with Gasteiger partial charge in [0.2, 0.25) is 5.91 Å². The van der Waals surface area contributed by atoms with E-state index in [1.807, 2.05) is 0 Å². The largest absolute Gasteiger partial charge is 0.394 e.